The van der Waals surface area contributed by atoms with Crippen LogP contribution in [-0.2, 0) is 4.74 Å². The van der Waals surface area contributed by atoms with Crippen LogP contribution in [0.25, 0.3) is 22.3 Å². The van der Waals surface area contributed by atoms with Gasteiger partial charge in [-0.25, -0.2) is 4.79 Å². The molecule has 142 valence electrons. The van der Waals surface area contributed by atoms with Gasteiger partial charge in [0.25, 0.3) is 0 Å². The molecule has 0 N–H and O–H groups in total. The first kappa shape index (κ1) is 18.4. The zero-order chi connectivity index (χ0) is 20.1. The molecule has 1 aromatic heterocycles. The Hall–Kier alpha value is -2.97. The fraction of sp³-hybridized carbons (Fsp3) is 0.261. The van der Waals surface area contributed by atoms with Crippen LogP contribution >= 0.6 is 0 Å². The van der Waals surface area contributed by atoms with E-state index in [1.807, 2.05) is 30.3 Å². The predicted octanol–water partition coefficient (Wildman–Crippen LogP) is 5.61. The van der Waals surface area contributed by atoms with Crippen LogP contribution in [0.4, 0.5) is 0 Å². The van der Waals surface area contributed by atoms with E-state index in [0.29, 0.717) is 22.7 Å². The molecule has 5 heteroatoms. The quantitative estimate of drug-likeness (QED) is 0.308. The number of ether oxygens (including phenoxy) is 2. The lowest BCUT2D eigenvalue weighted by Crippen LogP contribution is -2.38. The number of rotatable bonds is 1. The van der Waals surface area contributed by atoms with Crippen LogP contribution < -0.4 is 4.74 Å². The first-order valence-corrected chi connectivity index (χ1v) is 12.7. The highest BCUT2D eigenvalue weighted by atomic mass is 28.3. The number of cyclic esters (lactones) is 1. The molecule has 0 saturated heterocycles. The lowest BCUT2D eigenvalue weighted by Gasteiger charge is -2.31. The van der Waals surface area contributed by atoms with E-state index >= 15 is 0 Å². The lowest BCUT2D eigenvalue weighted by atomic mass is 10.0. The van der Waals surface area contributed by atoms with Gasteiger partial charge in [-0.3, -0.25) is 0 Å². The summed E-state index contributed by atoms with van der Waals surface area (Å²) in [5, 5.41) is 0.795. The Bertz CT molecular complexity index is 1140. The minimum atomic E-state index is -1.60. The molecule has 1 aliphatic rings. The third-order valence-corrected chi connectivity index (χ3v) is 5.18. The van der Waals surface area contributed by atoms with Crippen molar-refractivity contribution in [3.05, 3.63) is 53.6 Å². The summed E-state index contributed by atoms with van der Waals surface area (Å²) >= 11 is 0. The van der Waals surface area contributed by atoms with Gasteiger partial charge in [-0.1, -0.05) is 55.9 Å². The lowest BCUT2D eigenvalue weighted by molar-refractivity contribution is -0.127. The molecule has 0 amide bonds. The van der Waals surface area contributed by atoms with E-state index in [0.717, 1.165) is 16.5 Å². The fourth-order valence-corrected chi connectivity index (χ4v) is 3.60. The average Bonchev–Trinajstić information content (AvgIpc) is 2.95. The largest absolute Gasteiger partial charge is 0.455 e. The summed E-state index contributed by atoms with van der Waals surface area (Å²) in [4.78, 5) is 12.5. The van der Waals surface area contributed by atoms with Crippen LogP contribution in [0.1, 0.15) is 29.8 Å². The topological polar surface area (TPSA) is 48.7 Å². The fourth-order valence-electron chi connectivity index (χ4n) is 3.10. The second-order valence-electron chi connectivity index (χ2n) is 8.41. The Labute approximate surface area is 165 Å². The summed E-state index contributed by atoms with van der Waals surface area (Å²) in [6, 6.07) is 13.4. The number of benzene rings is 2. The van der Waals surface area contributed by atoms with E-state index in [-0.39, 0.29) is 0 Å². The van der Waals surface area contributed by atoms with Crippen LogP contribution in [0.2, 0.25) is 19.6 Å². The van der Waals surface area contributed by atoms with Crippen LogP contribution in [0.15, 0.2) is 46.9 Å². The summed E-state index contributed by atoms with van der Waals surface area (Å²) in [5.41, 5.74) is 6.19. The minimum absolute atomic E-state index is 0.392. The highest BCUT2D eigenvalue weighted by molar-refractivity contribution is 6.83. The number of hydrogen-bond donors (Lipinski definition) is 0. The van der Waals surface area contributed by atoms with Crippen molar-refractivity contribution < 1.29 is 18.7 Å². The van der Waals surface area contributed by atoms with Gasteiger partial charge in [-0.2, -0.15) is 0 Å². The van der Waals surface area contributed by atoms with Crippen LogP contribution in [-0.4, -0.2) is 19.8 Å². The summed E-state index contributed by atoms with van der Waals surface area (Å²) < 4.78 is 17.4. The number of carbonyl (C=O) groups excluding carboxylic acids is 1. The van der Waals surface area contributed by atoms with Gasteiger partial charge in [0.1, 0.15) is 25.0 Å². The molecule has 0 fully saturated rings. The standard InChI is InChI=1S/C23H22O4Si/c1-23(2)26-20-14-19-17(13-18(20)22(24)27-23)16(11-12-28(3,4)5)21(25-19)15-9-7-6-8-10-15/h6-10,13-14H,1-5H3. The van der Waals surface area contributed by atoms with Gasteiger partial charge >= 0.3 is 5.97 Å². The monoisotopic (exact) mass is 390 g/mol. The zero-order valence-electron chi connectivity index (χ0n) is 16.7. The molecule has 0 saturated carbocycles. The Balaban J connectivity index is 1.99. The summed E-state index contributed by atoms with van der Waals surface area (Å²) in [7, 11) is -1.60. The van der Waals surface area contributed by atoms with E-state index in [4.69, 9.17) is 13.9 Å². The maximum Gasteiger partial charge on any atom is 0.345 e. The number of carbonyl (C=O) groups is 1. The molecule has 4 rings (SSSR count). The molecule has 0 aliphatic carbocycles. The molecular formula is C23H22O4Si. The molecule has 3 aromatic rings. The van der Waals surface area contributed by atoms with Gasteiger partial charge < -0.3 is 13.9 Å². The molecule has 4 nitrogen and oxygen atoms in total. The van der Waals surface area contributed by atoms with Gasteiger partial charge in [0.15, 0.2) is 5.76 Å². The highest BCUT2D eigenvalue weighted by Gasteiger charge is 2.35. The molecule has 0 unspecified atom stereocenters. The van der Waals surface area contributed by atoms with Crippen LogP contribution in [0, 0.1) is 11.5 Å². The first-order valence-electron chi connectivity index (χ1n) is 9.24. The predicted molar refractivity (Wildman–Crippen MR) is 112 cm³/mol. The Kier molecular flexibility index (Phi) is 4.13. The van der Waals surface area contributed by atoms with Crippen molar-refractivity contribution in [2.45, 2.75) is 39.3 Å². The smallest absolute Gasteiger partial charge is 0.345 e. The Morgan fingerprint density at radius 3 is 2.39 bits per heavy atom. The average molecular weight is 391 g/mol. The number of furan rings is 1. The zero-order valence-corrected chi connectivity index (χ0v) is 17.7. The van der Waals surface area contributed by atoms with Crippen molar-refractivity contribution in [2.24, 2.45) is 0 Å². The van der Waals surface area contributed by atoms with Gasteiger partial charge in [0, 0.05) is 30.9 Å². The van der Waals surface area contributed by atoms with Crippen molar-refractivity contribution in [2.75, 3.05) is 0 Å². The summed E-state index contributed by atoms with van der Waals surface area (Å²) in [5.74, 6) is 3.10. The number of esters is 1. The highest BCUT2D eigenvalue weighted by Crippen LogP contribution is 2.39. The second-order valence-corrected chi connectivity index (χ2v) is 13.2. The normalized spacial score (nSPS) is 15.2. The van der Waals surface area contributed by atoms with Crippen molar-refractivity contribution in [3.8, 4) is 28.5 Å². The van der Waals surface area contributed by atoms with Crippen LogP contribution in [0.5, 0.6) is 5.75 Å². The first-order chi connectivity index (χ1) is 13.1. The summed E-state index contributed by atoms with van der Waals surface area (Å²) in [6.07, 6.45) is 0. The number of fused-ring (bicyclic) bond motifs is 2. The van der Waals surface area contributed by atoms with Crippen molar-refractivity contribution in [3.63, 3.8) is 0 Å². The van der Waals surface area contributed by atoms with Gasteiger partial charge in [-0.05, 0) is 6.07 Å². The second kappa shape index (κ2) is 6.28. The van der Waals surface area contributed by atoms with E-state index in [9.17, 15) is 4.79 Å². The molecule has 0 bridgehead atoms. The van der Waals surface area contributed by atoms with Crippen LogP contribution in [0.3, 0.4) is 0 Å². The van der Waals surface area contributed by atoms with Crippen molar-refractivity contribution >= 4 is 25.0 Å². The molecule has 0 radical (unpaired) electrons. The maximum atomic E-state index is 12.5. The van der Waals surface area contributed by atoms with Gasteiger partial charge in [0.05, 0.1) is 5.56 Å². The van der Waals surface area contributed by atoms with Crippen molar-refractivity contribution in [1.29, 1.82) is 0 Å². The van der Waals surface area contributed by atoms with E-state index in [1.54, 1.807) is 26.0 Å². The van der Waals surface area contributed by atoms with Gasteiger partial charge in [-0.15, -0.1) is 5.54 Å². The molecular weight excluding hydrogens is 368 g/mol. The van der Waals surface area contributed by atoms with Gasteiger partial charge in [0.2, 0.25) is 5.79 Å². The molecule has 1 aliphatic heterocycles. The number of hydrogen-bond acceptors (Lipinski definition) is 4. The SMILES string of the molecule is CC1(C)OC(=O)c2cc3c(C#C[Si](C)(C)C)c(-c4ccccc4)oc3cc2O1. The summed E-state index contributed by atoms with van der Waals surface area (Å²) in [6.45, 7) is 10.00. The Morgan fingerprint density at radius 2 is 1.71 bits per heavy atom. The maximum absolute atomic E-state index is 12.5. The Morgan fingerprint density at radius 1 is 1.00 bits per heavy atom. The van der Waals surface area contributed by atoms with E-state index in [2.05, 4.69) is 31.1 Å². The van der Waals surface area contributed by atoms with E-state index < -0.39 is 19.8 Å². The molecule has 2 aromatic carbocycles. The minimum Gasteiger partial charge on any atom is -0.455 e. The molecule has 0 atom stereocenters. The van der Waals surface area contributed by atoms with Crippen molar-refractivity contribution in [1.82, 2.24) is 0 Å². The molecule has 0 spiro atoms. The van der Waals surface area contributed by atoms with E-state index in [1.165, 1.54) is 0 Å². The molecule has 28 heavy (non-hydrogen) atoms. The third-order valence-electron chi connectivity index (χ3n) is 4.30. The third kappa shape index (κ3) is 3.44. The molecule has 2 heterocycles.